The van der Waals surface area contributed by atoms with E-state index < -0.39 is 45.5 Å². The summed E-state index contributed by atoms with van der Waals surface area (Å²) in [6.07, 6.45) is -5.41. The maximum atomic E-state index is 13.8. The van der Waals surface area contributed by atoms with Gasteiger partial charge in [0.1, 0.15) is 11.6 Å². The summed E-state index contributed by atoms with van der Waals surface area (Å²) in [5.41, 5.74) is -0.759. The lowest BCUT2D eigenvalue weighted by atomic mass is 9.44. The molecule has 0 aromatic heterocycles. The van der Waals surface area contributed by atoms with Crippen molar-refractivity contribution in [3.63, 3.8) is 0 Å². The van der Waals surface area contributed by atoms with E-state index in [2.05, 4.69) is 11.7 Å². The fourth-order valence-corrected chi connectivity index (χ4v) is 9.34. The first kappa shape index (κ1) is 31.3. The number of carbonyl (C=O) groups is 3. The van der Waals surface area contributed by atoms with E-state index >= 15 is 0 Å². The molecule has 0 bridgehead atoms. The van der Waals surface area contributed by atoms with Gasteiger partial charge in [-0.1, -0.05) is 20.8 Å². The maximum absolute atomic E-state index is 13.8. The van der Waals surface area contributed by atoms with Crippen molar-refractivity contribution < 1.29 is 54.0 Å². The van der Waals surface area contributed by atoms with Gasteiger partial charge in [-0.3, -0.25) is 18.9 Å². The summed E-state index contributed by atoms with van der Waals surface area (Å²) in [5, 5.41) is -5.77. The van der Waals surface area contributed by atoms with Gasteiger partial charge in [-0.05, 0) is 79.4 Å². The van der Waals surface area contributed by atoms with E-state index in [1.807, 2.05) is 6.92 Å². The molecule has 40 heavy (non-hydrogen) atoms. The zero-order valence-electron chi connectivity index (χ0n) is 22.8. The molecule has 0 aromatic carbocycles. The second kappa shape index (κ2) is 10.3. The third kappa shape index (κ3) is 5.11. The Morgan fingerprint density at radius 2 is 1.70 bits per heavy atom. The van der Waals surface area contributed by atoms with Crippen molar-refractivity contribution in [2.24, 2.45) is 46.3 Å². The summed E-state index contributed by atoms with van der Waals surface area (Å²) >= 11 is 0. The van der Waals surface area contributed by atoms with Crippen LogP contribution in [0.2, 0.25) is 0 Å². The van der Waals surface area contributed by atoms with Crippen LogP contribution in [0.25, 0.3) is 0 Å². The van der Waals surface area contributed by atoms with Gasteiger partial charge in [-0.25, -0.2) is 0 Å². The molecule has 0 spiro atoms. The van der Waals surface area contributed by atoms with E-state index in [9.17, 15) is 44.8 Å². The van der Waals surface area contributed by atoms with Gasteiger partial charge in [0, 0.05) is 31.1 Å². The third-order valence-electron chi connectivity index (χ3n) is 11.1. The number of hydrogen-bond acceptors (Lipinski definition) is 6. The normalized spacial score (nSPS) is 38.2. The first-order valence-corrected chi connectivity index (χ1v) is 15.3. The molecule has 0 aromatic rings. The van der Waals surface area contributed by atoms with E-state index in [-0.39, 0.29) is 53.0 Å². The molecule has 0 saturated heterocycles. The lowest BCUT2D eigenvalue weighted by molar-refractivity contribution is -0.259. The van der Waals surface area contributed by atoms with E-state index in [1.165, 1.54) is 0 Å². The molecular weight excluding hydrogens is 563 g/mol. The number of fused-ring (bicyclic) bond motifs is 5. The molecular formula is C27H37F5O7S. The fraction of sp³-hybridized carbons (Fsp3) is 0.889. The average Bonchev–Trinajstić information content (AvgIpc) is 3.19. The molecule has 1 N–H and O–H groups in total. The van der Waals surface area contributed by atoms with Crippen molar-refractivity contribution in [3.8, 4) is 0 Å². The van der Waals surface area contributed by atoms with Gasteiger partial charge in [-0.15, -0.1) is 0 Å². The highest BCUT2D eigenvalue weighted by atomic mass is 32.2. The minimum atomic E-state index is -6.51. The van der Waals surface area contributed by atoms with Gasteiger partial charge >= 0.3 is 27.5 Å². The van der Waals surface area contributed by atoms with Gasteiger partial charge in [0.15, 0.2) is 0 Å². The molecule has 4 aliphatic rings. The summed E-state index contributed by atoms with van der Waals surface area (Å²) in [5.74, 6) is -0.871. The maximum Gasteiger partial charge on any atom is 0.432 e. The Morgan fingerprint density at radius 1 is 1.05 bits per heavy atom. The molecule has 13 heteroatoms. The molecule has 9 atom stereocenters. The Bertz CT molecular complexity index is 1150. The largest absolute Gasteiger partial charge is 0.445 e. The summed E-state index contributed by atoms with van der Waals surface area (Å²) in [6, 6.07) is 0. The van der Waals surface area contributed by atoms with Crippen LogP contribution >= 0.6 is 0 Å². The number of hydrogen-bond donors (Lipinski definition) is 1. The third-order valence-corrected chi connectivity index (χ3v) is 12.0. The SMILES string of the molecule is C[C@H](CCC(=O)OC(C(F)(F)F)C(F)(F)S(=O)(=O)O)[C@H]1CC[C@H]2[C@@H]3CCC4CC(=O)CC[C@]4(C)[C@H]3CC(=O)[C@]12C. The van der Waals surface area contributed by atoms with Crippen LogP contribution in [0.1, 0.15) is 85.0 Å². The Balaban J connectivity index is 1.44. The van der Waals surface area contributed by atoms with Crippen molar-refractivity contribution in [2.75, 3.05) is 0 Å². The molecule has 0 radical (unpaired) electrons. The molecule has 4 rings (SSSR count). The lowest BCUT2D eigenvalue weighted by Gasteiger charge is -2.59. The Morgan fingerprint density at radius 3 is 2.30 bits per heavy atom. The molecule has 4 aliphatic carbocycles. The number of ether oxygens (including phenoxy) is 1. The highest BCUT2D eigenvalue weighted by Crippen LogP contribution is 2.67. The number of carbonyl (C=O) groups excluding carboxylic acids is 3. The van der Waals surface area contributed by atoms with Crippen LogP contribution in [0.15, 0.2) is 0 Å². The molecule has 228 valence electrons. The van der Waals surface area contributed by atoms with Crippen LogP contribution in [0.3, 0.4) is 0 Å². The number of Topliss-reactive ketones (excluding diaryl/α,β-unsaturated/α-hetero) is 2. The molecule has 0 amide bonds. The number of halogens is 5. The van der Waals surface area contributed by atoms with Crippen molar-refractivity contribution in [3.05, 3.63) is 0 Å². The first-order chi connectivity index (χ1) is 18.2. The van der Waals surface area contributed by atoms with Gasteiger partial charge in [0.05, 0.1) is 0 Å². The van der Waals surface area contributed by atoms with Crippen molar-refractivity contribution in [1.29, 1.82) is 0 Å². The Kier molecular flexibility index (Phi) is 8.04. The van der Waals surface area contributed by atoms with Crippen LogP contribution in [0.4, 0.5) is 22.0 Å². The molecule has 2 unspecified atom stereocenters. The second-order valence-electron chi connectivity index (χ2n) is 13.0. The fourth-order valence-electron chi connectivity index (χ4n) is 8.89. The van der Waals surface area contributed by atoms with Crippen LogP contribution in [-0.4, -0.2) is 48.0 Å². The summed E-state index contributed by atoms with van der Waals surface area (Å²) < 4.78 is 101. The van der Waals surface area contributed by atoms with E-state index in [0.29, 0.717) is 31.6 Å². The minimum Gasteiger partial charge on any atom is -0.445 e. The van der Waals surface area contributed by atoms with E-state index in [1.54, 1.807) is 6.92 Å². The number of alkyl halides is 5. The smallest absolute Gasteiger partial charge is 0.432 e. The van der Waals surface area contributed by atoms with Gasteiger partial charge in [-0.2, -0.15) is 30.4 Å². The highest BCUT2D eigenvalue weighted by Gasteiger charge is 2.66. The second-order valence-corrected chi connectivity index (χ2v) is 14.5. The molecule has 4 fully saturated rings. The average molecular weight is 601 g/mol. The van der Waals surface area contributed by atoms with Gasteiger partial charge in [0.2, 0.25) is 0 Å². The molecule has 7 nitrogen and oxygen atoms in total. The Labute approximate surface area is 230 Å². The van der Waals surface area contributed by atoms with Crippen molar-refractivity contribution in [1.82, 2.24) is 0 Å². The van der Waals surface area contributed by atoms with E-state index in [4.69, 9.17) is 4.55 Å². The van der Waals surface area contributed by atoms with Crippen LogP contribution in [-0.2, 0) is 29.2 Å². The van der Waals surface area contributed by atoms with Crippen LogP contribution in [0.5, 0.6) is 0 Å². The monoisotopic (exact) mass is 600 g/mol. The lowest BCUT2D eigenvalue weighted by Crippen LogP contribution is -2.57. The first-order valence-electron chi connectivity index (χ1n) is 13.9. The summed E-state index contributed by atoms with van der Waals surface area (Å²) in [4.78, 5) is 38.1. The predicted octanol–water partition coefficient (Wildman–Crippen LogP) is 5.76. The minimum absolute atomic E-state index is 0.0445. The van der Waals surface area contributed by atoms with E-state index in [0.717, 1.165) is 25.7 Å². The summed E-state index contributed by atoms with van der Waals surface area (Å²) in [7, 11) is -6.51. The van der Waals surface area contributed by atoms with Gasteiger partial charge < -0.3 is 4.74 Å². The number of ketones is 2. The highest BCUT2D eigenvalue weighted by molar-refractivity contribution is 7.86. The molecule has 4 saturated carbocycles. The number of esters is 1. The zero-order chi connectivity index (χ0) is 30.1. The topological polar surface area (TPSA) is 115 Å². The standard InChI is InChI=1S/C27H37F5O7S/c1-14(4-9-22(35)39-23(26(28,29)30)27(31,32)40(36,37)38)18-7-8-19-17-6-5-15-12-16(33)10-11-24(15,2)20(17)13-21(34)25(18,19)3/h14-15,17-20,23H,4-13H2,1-3H3,(H,36,37,38)/t14-,15?,17+,18-,19+,20+,23?,24+,25-/m1/s1. The predicted molar refractivity (Wildman–Crippen MR) is 131 cm³/mol. The molecule has 0 aliphatic heterocycles. The van der Waals surface area contributed by atoms with Crippen LogP contribution < -0.4 is 0 Å². The Hall–Kier alpha value is -1.63. The van der Waals surface area contributed by atoms with Gasteiger partial charge in [0.25, 0.3) is 6.10 Å². The quantitative estimate of drug-likeness (QED) is 0.224. The van der Waals surface area contributed by atoms with Crippen LogP contribution in [0, 0.1) is 46.3 Å². The van der Waals surface area contributed by atoms with Crippen molar-refractivity contribution >= 4 is 27.7 Å². The number of rotatable bonds is 7. The summed E-state index contributed by atoms with van der Waals surface area (Å²) in [6.45, 7) is 5.93. The van der Waals surface area contributed by atoms with Crippen molar-refractivity contribution in [2.45, 2.75) is 103 Å². The zero-order valence-corrected chi connectivity index (χ0v) is 23.6. The molecule has 0 heterocycles.